The molecule has 0 aliphatic carbocycles. The van der Waals surface area contributed by atoms with Crippen LogP contribution in [-0.4, -0.2) is 42.0 Å². The molecule has 1 aromatic heterocycles. The van der Waals surface area contributed by atoms with Gasteiger partial charge in [-0.2, -0.15) is 0 Å². The standard InChI is InChI=1S/C13H19N3OS/c1-10-14-9-12(18-10)3-4-13(17)15-11-5-7-16(2)8-6-11/h3-4,9,11H,5-8H2,1-2H3,(H,15,17). The van der Waals surface area contributed by atoms with Crippen molar-refractivity contribution in [2.24, 2.45) is 0 Å². The average molecular weight is 265 g/mol. The van der Waals surface area contributed by atoms with E-state index in [0.29, 0.717) is 6.04 Å². The molecule has 1 N–H and O–H groups in total. The molecule has 2 rings (SSSR count). The second-order valence-electron chi connectivity index (χ2n) is 4.70. The Labute approximate surface area is 112 Å². The monoisotopic (exact) mass is 265 g/mol. The molecule has 0 saturated carbocycles. The Hall–Kier alpha value is -1.20. The highest BCUT2D eigenvalue weighted by Gasteiger charge is 2.17. The first-order valence-electron chi connectivity index (χ1n) is 6.23. The molecule has 18 heavy (non-hydrogen) atoms. The lowest BCUT2D eigenvalue weighted by Gasteiger charge is -2.29. The summed E-state index contributed by atoms with van der Waals surface area (Å²) in [6, 6.07) is 0.321. The number of hydrogen-bond acceptors (Lipinski definition) is 4. The number of rotatable bonds is 3. The molecule has 0 unspecified atom stereocenters. The minimum absolute atomic E-state index is 0.00407. The van der Waals surface area contributed by atoms with Gasteiger partial charge >= 0.3 is 0 Å². The number of carbonyl (C=O) groups excluding carboxylic acids is 1. The number of nitrogens with one attached hydrogen (secondary N) is 1. The van der Waals surface area contributed by atoms with Crippen LogP contribution in [0.25, 0.3) is 6.08 Å². The summed E-state index contributed by atoms with van der Waals surface area (Å²) >= 11 is 1.59. The molecule has 1 aliphatic heterocycles. The first-order valence-corrected chi connectivity index (χ1v) is 7.04. The maximum Gasteiger partial charge on any atom is 0.244 e. The van der Waals surface area contributed by atoms with E-state index in [2.05, 4.69) is 22.2 Å². The minimum atomic E-state index is -0.00407. The second-order valence-corrected chi connectivity index (χ2v) is 5.97. The van der Waals surface area contributed by atoms with Gasteiger partial charge in [0.15, 0.2) is 0 Å². The third-order valence-electron chi connectivity index (χ3n) is 3.10. The molecule has 0 bridgehead atoms. The Morgan fingerprint density at radius 2 is 2.28 bits per heavy atom. The Balaban J connectivity index is 1.80. The van der Waals surface area contributed by atoms with E-state index in [1.54, 1.807) is 23.6 Å². The summed E-state index contributed by atoms with van der Waals surface area (Å²) in [6.45, 7) is 4.08. The highest BCUT2D eigenvalue weighted by molar-refractivity contribution is 7.12. The fourth-order valence-electron chi connectivity index (χ4n) is 2.01. The van der Waals surface area contributed by atoms with Gasteiger partial charge in [-0.3, -0.25) is 4.79 Å². The van der Waals surface area contributed by atoms with Crippen molar-refractivity contribution >= 4 is 23.3 Å². The fourth-order valence-corrected chi connectivity index (χ4v) is 2.70. The molecule has 5 heteroatoms. The van der Waals surface area contributed by atoms with Crippen LogP contribution in [0.1, 0.15) is 22.7 Å². The molecular formula is C13H19N3OS. The number of amides is 1. The van der Waals surface area contributed by atoms with E-state index >= 15 is 0 Å². The lowest BCUT2D eigenvalue weighted by atomic mass is 10.1. The molecular weight excluding hydrogens is 246 g/mol. The fraction of sp³-hybridized carbons (Fsp3) is 0.538. The number of aryl methyl sites for hydroxylation is 1. The van der Waals surface area contributed by atoms with Crippen LogP contribution < -0.4 is 5.32 Å². The first kappa shape index (κ1) is 13.2. The van der Waals surface area contributed by atoms with E-state index in [1.807, 2.05) is 13.0 Å². The Kier molecular flexibility index (Phi) is 4.49. The van der Waals surface area contributed by atoms with Gasteiger partial charge in [-0.15, -0.1) is 11.3 Å². The SMILES string of the molecule is Cc1ncc(C=CC(=O)NC2CCN(C)CC2)s1. The van der Waals surface area contributed by atoms with Gasteiger partial charge < -0.3 is 10.2 Å². The van der Waals surface area contributed by atoms with Crippen molar-refractivity contribution in [1.82, 2.24) is 15.2 Å². The summed E-state index contributed by atoms with van der Waals surface area (Å²) in [5, 5.41) is 4.07. The molecule has 2 heterocycles. The second kappa shape index (κ2) is 6.11. The zero-order valence-corrected chi connectivity index (χ0v) is 11.7. The summed E-state index contributed by atoms with van der Waals surface area (Å²) in [6.07, 6.45) is 7.30. The highest BCUT2D eigenvalue weighted by atomic mass is 32.1. The normalized spacial score (nSPS) is 18.3. The van der Waals surface area contributed by atoms with E-state index in [1.165, 1.54) is 0 Å². The van der Waals surface area contributed by atoms with Crippen LogP contribution in [0.3, 0.4) is 0 Å². The third-order valence-corrected chi connectivity index (χ3v) is 3.98. The molecule has 0 aromatic carbocycles. The van der Waals surface area contributed by atoms with Crippen LogP contribution in [0.15, 0.2) is 12.3 Å². The number of nitrogens with zero attached hydrogens (tertiary/aromatic N) is 2. The van der Waals surface area contributed by atoms with Gasteiger partial charge in [0.1, 0.15) is 0 Å². The van der Waals surface area contributed by atoms with Crippen molar-refractivity contribution in [3.63, 3.8) is 0 Å². The van der Waals surface area contributed by atoms with E-state index in [4.69, 9.17) is 0 Å². The maximum atomic E-state index is 11.7. The van der Waals surface area contributed by atoms with E-state index < -0.39 is 0 Å². The molecule has 1 fully saturated rings. The quantitative estimate of drug-likeness (QED) is 0.846. The summed E-state index contributed by atoms with van der Waals surface area (Å²) in [7, 11) is 2.12. The number of thiazole rings is 1. The van der Waals surface area contributed by atoms with E-state index in [9.17, 15) is 4.79 Å². The minimum Gasteiger partial charge on any atom is -0.350 e. The number of carbonyl (C=O) groups is 1. The number of piperidine rings is 1. The van der Waals surface area contributed by atoms with E-state index in [0.717, 1.165) is 35.8 Å². The molecule has 1 saturated heterocycles. The van der Waals surface area contributed by atoms with Crippen molar-refractivity contribution in [2.75, 3.05) is 20.1 Å². The van der Waals surface area contributed by atoms with Crippen LogP contribution in [0, 0.1) is 6.92 Å². The Morgan fingerprint density at radius 3 is 2.89 bits per heavy atom. The first-order chi connectivity index (χ1) is 8.63. The number of likely N-dealkylation sites (tertiary alicyclic amines) is 1. The van der Waals surface area contributed by atoms with Crippen molar-refractivity contribution in [2.45, 2.75) is 25.8 Å². The van der Waals surface area contributed by atoms with Gasteiger partial charge in [0.2, 0.25) is 5.91 Å². The smallest absolute Gasteiger partial charge is 0.244 e. The summed E-state index contributed by atoms with van der Waals surface area (Å²) < 4.78 is 0. The van der Waals surface area contributed by atoms with E-state index in [-0.39, 0.29) is 5.91 Å². The molecule has 1 aliphatic rings. The predicted molar refractivity (Wildman–Crippen MR) is 74.5 cm³/mol. The third kappa shape index (κ3) is 3.92. The van der Waals surface area contributed by atoms with Gasteiger partial charge in [0.25, 0.3) is 0 Å². The zero-order valence-electron chi connectivity index (χ0n) is 10.8. The van der Waals surface area contributed by atoms with Crippen molar-refractivity contribution < 1.29 is 4.79 Å². The van der Waals surface area contributed by atoms with Crippen LogP contribution in [0.4, 0.5) is 0 Å². The van der Waals surface area contributed by atoms with Gasteiger partial charge in [-0.05, 0) is 46.0 Å². The number of aromatic nitrogens is 1. The van der Waals surface area contributed by atoms with Crippen molar-refractivity contribution in [3.8, 4) is 0 Å². The Bertz CT molecular complexity index is 433. The zero-order chi connectivity index (χ0) is 13.0. The van der Waals surface area contributed by atoms with Crippen LogP contribution >= 0.6 is 11.3 Å². The molecule has 1 amide bonds. The molecule has 1 aromatic rings. The lowest BCUT2D eigenvalue weighted by Crippen LogP contribution is -2.42. The predicted octanol–water partition coefficient (Wildman–Crippen LogP) is 1.68. The summed E-state index contributed by atoms with van der Waals surface area (Å²) in [4.78, 5) is 19.2. The van der Waals surface area contributed by atoms with Gasteiger partial charge in [0.05, 0.1) is 5.01 Å². The largest absolute Gasteiger partial charge is 0.350 e. The molecule has 4 nitrogen and oxygen atoms in total. The molecule has 0 radical (unpaired) electrons. The van der Waals surface area contributed by atoms with Crippen LogP contribution in [-0.2, 0) is 4.79 Å². The maximum absolute atomic E-state index is 11.7. The highest BCUT2D eigenvalue weighted by Crippen LogP contribution is 2.13. The molecule has 0 atom stereocenters. The van der Waals surface area contributed by atoms with Gasteiger partial charge in [0, 0.05) is 23.2 Å². The lowest BCUT2D eigenvalue weighted by molar-refractivity contribution is -0.117. The van der Waals surface area contributed by atoms with Crippen LogP contribution in [0.2, 0.25) is 0 Å². The van der Waals surface area contributed by atoms with Crippen molar-refractivity contribution in [3.05, 3.63) is 22.2 Å². The molecule has 0 spiro atoms. The van der Waals surface area contributed by atoms with Gasteiger partial charge in [-0.25, -0.2) is 4.98 Å². The average Bonchev–Trinajstić information content (AvgIpc) is 2.76. The van der Waals surface area contributed by atoms with Gasteiger partial charge in [-0.1, -0.05) is 0 Å². The Morgan fingerprint density at radius 1 is 1.56 bits per heavy atom. The van der Waals surface area contributed by atoms with Crippen molar-refractivity contribution in [1.29, 1.82) is 0 Å². The topological polar surface area (TPSA) is 45.2 Å². The summed E-state index contributed by atoms with van der Waals surface area (Å²) in [5.74, 6) is -0.00407. The molecule has 98 valence electrons. The number of hydrogen-bond donors (Lipinski definition) is 1. The van der Waals surface area contributed by atoms with Crippen LogP contribution in [0.5, 0.6) is 0 Å². The summed E-state index contributed by atoms with van der Waals surface area (Å²) in [5.41, 5.74) is 0.